The molecule has 3 aliphatic heterocycles. The minimum absolute atomic E-state index is 0.0601. The van der Waals surface area contributed by atoms with Crippen LogP contribution in [0.2, 0.25) is 0 Å². The first kappa shape index (κ1) is 14.0. The van der Waals surface area contributed by atoms with Gasteiger partial charge in [-0.05, 0) is 32.1 Å². The van der Waals surface area contributed by atoms with Crippen LogP contribution in [0.15, 0.2) is 21.1 Å². The molecule has 4 aliphatic rings. The zero-order chi connectivity index (χ0) is 14.4. The first-order valence-corrected chi connectivity index (χ1v) is 9.67. The maximum absolute atomic E-state index is 4.87. The molecule has 4 nitrogen and oxygen atoms in total. The Morgan fingerprint density at radius 1 is 1.43 bits per heavy atom. The lowest BCUT2D eigenvalue weighted by molar-refractivity contribution is 0.385. The van der Waals surface area contributed by atoms with E-state index in [9.17, 15) is 0 Å². The Balaban J connectivity index is 1.35. The van der Waals surface area contributed by atoms with Gasteiger partial charge in [0.25, 0.3) is 0 Å². The van der Waals surface area contributed by atoms with Gasteiger partial charge in [0.05, 0.1) is 17.6 Å². The fourth-order valence-corrected chi connectivity index (χ4v) is 5.56. The van der Waals surface area contributed by atoms with Crippen LogP contribution in [0.4, 0.5) is 0 Å². The van der Waals surface area contributed by atoms with E-state index in [1.807, 2.05) is 11.8 Å². The predicted molar refractivity (Wildman–Crippen MR) is 93.0 cm³/mol. The first-order valence-electron chi connectivity index (χ1n) is 7.81. The Kier molecular flexibility index (Phi) is 3.49. The molecule has 1 aliphatic carbocycles. The first-order chi connectivity index (χ1) is 10.1. The van der Waals surface area contributed by atoms with Gasteiger partial charge in [-0.2, -0.15) is 0 Å². The average Bonchev–Trinajstić information content (AvgIpc) is 3.07. The average molecular weight is 323 g/mol. The third-order valence-electron chi connectivity index (χ3n) is 4.50. The quantitative estimate of drug-likeness (QED) is 0.848. The van der Waals surface area contributed by atoms with E-state index in [1.54, 1.807) is 11.8 Å². The van der Waals surface area contributed by atoms with Crippen molar-refractivity contribution in [3.63, 3.8) is 0 Å². The highest BCUT2D eigenvalue weighted by molar-refractivity contribution is 8.17. The van der Waals surface area contributed by atoms with Gasteiger partial charge in [-0.3, -0.25) is 9.98 Å². The Morgan fingerprint density at radius 3 is 3.14 bits per heavy atom. The molecule has 0 saturated heterocycles. The molecule has 3 heterocycles. The predicted octanol–water partition coefficient (Wildman–Crippen LogP) is 3.03. The molecule has 0 aromatic heterocycles. The fourth-order valence-electron chi connectivity index (χ4n) is 3.42. The largest absolute Gasteiger partial charge is 0.360 e. The highest BCUT2D eigenvalue weighted by Crippen LogP contribution is 2.37. The summed E-state index contributed by atoms with van der Waals surface area (Å²) in [7, 11) is 0. The van der Waals surface area contributed by atoms with Crippen LogP contribution in [0.3, 0.4) is 0 Å². The zero-order valence-electron chi connectivity index (χ0n) is 12.6. The molecule has 0 aromatic carbocycles. The molecule has 0 unspecified atom stereocenters. The van der Waals surface area contributed by atoms with Crippen LogP contribution in [0.5, 0.6) is 0 Å². The van der Waals surface area contributed by atoms with Gasteiger partial charge in [0.1, 0.15) is 0 Å². The molecule has 6 heteroatoms. The van der Waals surface area contributed by atoms with E-state index in [1.165, 1.54) is 36.5 Å². The summed E-state index contributed by atoms with van der Waals surface area (Å²) in [5, 5.41) is 8.20. The number of amidine groups is 2. The molecule has 0 bridgehead atoms. The van der Waals surface area contributed by atoms with Gasteiger partial charge in [-0.25, -0.2) is 0 Å². The summed E-state index contributed by atoms with van der Waals surface area (Å²) in [5.41, 5.74) is 1.44. The van der Waals surface area contributed by atoms with Crippen molar-refractivity contribution < 1.29 is 0 Å². The highest BCUT2D eigenvalue weighted by Gasteiger charge is 2.37. The van der Waals surface area contributed by atoms with Gasteiger partial charge in [-0.1, -0.05) is 36.4 Å². The normalized spacial score (nSPS) is 33.0. The van der Waals surface area contributed by atoms with Crippen molar-refractivity contribution in [1.29, 1.82) is 0 Å². The number of fused-ring (bicyclic) bond motifs is 2. The van der Waals surface area contributed by atoms with Crippen LogP contribution in [0.1, 0.15) is 39.5 Å². The number of hydrogen-bond donors (Lipinski definition) is 1. The molecule has 114 valence electrons. The molecule has 0 amide bonds. The van der Waals surface area contributed by atoms with Crippen LogP contribution in [0.25, 0.3) is 0 Å². The summed E-state index contributed by atoms with van der Waals surface area (Å²) in [6, 6.07) is 1.15. The lowest BCUT2D eigenvalue weighted by Crippen LogP contribution is -2.36. The molecule has 21 heavy (non-hydrogen) atoms. The van der Waals surface area contributed by atoms with Crippen molar-refractivity contribution in [3.05, 3.63) is 11.1 Å². The Morgan fingerprint density at radius 2 is 2.29 bits per heavy atom. The Hall–Kier alpha value is -0.620. The van der Waals surface area contributed by atoms with E-state index in [4.69, 9.17) is 9.98 Å². The third-order valence-corrected chi connectivity index (χ3v) is 6.35. The van der Waals surface area contributed by atoms with Crippen molar-refractivity contribution in [2.45, 2.75) is 57.2 Å². The van der Waals surface area contributed by atoms with Gasteiger partial charge in [0, 0.05) is 18.0 Å². The summed E-state index contributed by atoms with van der Waals surface area (Å²) in [6.07, 6.45) is 5.24. The molecule has 1 fully saturated rings. The number of nitrogens with one attached hydrogen (secondary N) is 1. The van der Waals surface area contributed by atoms with Crippen molar-refractivity contribution >= 4 is 33.9 Å². The zero-order valence-corrected chi connectivity index (χ0v) is 14.3. The molecule has 0 radical (unpaired) electrons. The Labute approximate surface area is 134 Å². The smallest absolute Gasteiger partial charge is 0.168 e. The molecular weight excluding hydrogens is 300 g/mol. The minimum Gasteiger partial charge on any atom is -0.360 e. The van der Waals surface area contributed by atoms with Crippen molar-refractivity contribution in [2.75, 3.05) is 12.3 Å². The van der Waals surface area contributed by atoms with E-state index in [-0.39, 0.29) is 5.54 Å². The third kappa shape index (κ3) is 2.72. The molecule has 2 atom stereocenters. The molecule has 1 saturated carbocycles. The van der Waals surface area contributed by atoms with Crippen LogP contribution in [-0.4, -0.2) is 45.2 Å². The number of thioether (sulfide) groups is 2. The van der Waals surface area contributed by atoms with Crippen LogP contribution < -0.4 is 5.32 Å². The number of hydrogen-bond acceptors (Lipinski definition) is 6. The second kappa shape index (κ2) is 5.23. The van der Waals surface area contributed by atoms with Crippen molar-refractivity contribution in [3.8, 4) is 0 Å². The van der Waals surface area contributed by atoms with E-state index in [2.05, 4.69) is 29.5 Å². The Bertz CT molecular complexity index is 538. The summed E-state index contributed by atoms with van der Waals surface area (Å²) in [6.45, 7) is 5.42. The molecule has 0 aromatic rings. The van der Waals surface area contributed by atoms with Gasteiger partial charge >= 0.3 is 0 Å². The lowest BCUT2D eigenvalue weighted by Gasteiger charge is -2.23. The fraction of sp³-hybridized carbons (Fsp3) is 0.733. The lowest BCUT2D eigenvalue weighted by atomic mass is 9.92. The van der Waals surface area contributed by atoms with Crippen LogP contribution in [-0.2, 0) is 0 Å². The second-order valence-electron chi connectivity index (χ2n) is 6.85. The monoisotopic (exact) mass is 322 g/mol. The summed E-state index contributed by atoms with van der Waals surface area (Å²) in [5.74, 6) is 0.993. The number of rotatable bonds is 2. The van der Waals surface area contributed by atoms with Crippen LogP contribution >= 0.6 is 23.5 Å². The number of aliphatic imine (C=N–C) groups is 2. The molecule has 0 spiro atoms. The van der Waals surface area contributed by atoms with E-state index >= 15 is 0 Å². The minimum atomic E-state index is 0.0601. The van der Waals surface area contributed by atoms with Crippen LogP contribution in [0, 0.1) is 0 Å². The van der Waals surface area contributed by atoms with Gasteiger partial charge in [0.2, 0.25) is 0 Å². The highest BCUT2D eigenvalue weighted by atomic mass is 32.2. The van der Waals surface area contributed by atoms with Gasteiger partial charge < -0.3 is 10.2 Å². The van der Waals surface area contributed by atoms with E-state index in [0.29, 0.717) is 12.1 Å². The van der Waals surface area contributed by atoms with Gasteiger partial charge in [-0.15, -0.1) is 0 Å². The second-order valence-corrected chi connectivity index (χ2v) is 8.65. The van der Waals surface area contributed by atoms with E-state index in [0.717, 1.165) is 17.5 Å². The standard InChI is InChI=1S/C15H22N4S2/c1-15(2)9-19-10(8-21-14(19)18-15)7-20-13-16-11-5-3-4-6-12(11)17-13/h8,11-12H,3-7,9H2,1-2H3,(H,16,17)/t11-,12+. The topological polar surface area (TPSA) is 40.0 Å². The molecular formula is C15H22N4S2. The SMILES string of the molecule is CC1(C)CN2C(CSC3=N[C@@H]4CCCC[C@@H]4N3)=CSC2=N1. The number of nitrogens with zero attached hydrogens (tertiary/aromatic N) is 3. The maximum Gasteiger partial charge on any atom is 0.168 e. The maximum atomic E-state index is 4.87. The summed E-state index contributed by atoms with van der Waals surface area (Å²) < 4.78 is 0. The summed E-state index contributed by atoms with van der Waals surface area (Å²) in [4.78, 5) is 12.0. The van der Waals surface area contributed by atoms with E-state index < -0.39 is 0 Å². The molecule has 1 N–H and O–H groups in total. The summed E-state index contributed by atoms with van der Waals surface area (Å²) >= 11 is 3.62. The molecule has 4 rings (SSSR count). The van der Waals surface area contributed by atoms with Crippen molar-refractivity contribution in [1.82, 2.24) is 10.2 Å². The van der Waals surface area contributed by atoms with Crippen molar-refractivity contribution in [2.24, 2.45) is 9.98 Å². The van der Waals surface area contributed by atoms with Gasteiger partial charge in [0.15, 0.2) is 10.3 Å².